The minimum atomic E-state index is -2.24. The molecule has 0 radical (unpaired) electrons. The van der Waals surface area contributed by atoms with Crippen LogP contribution in [0, 0.1) is 34.9 Å². The summed E-state index contributed by atoms with van der Waals surface area (Å²) in [5.74, 6) is -10.8. The molecule has 1 aromatic heterocycles. The number of rotatable bonds is 3. The van der Waals surface area contributed by atoms with Crippen molar-refractivity contribution in [3.05, 3.63) is 64.7 Å². The van der Waals surface area contributed by atoms with Crippen molar-refractivity contribution < 1.29 is 26.3 Å². The number of hydrogen-bond acceptors (Lipinski definition) is 3. The fourth-order valence-electron chi connectivity index (χ4n) is 1.96. The molecular formula is C14H6F6N4. The average molecular weight is 344 g/mol. The van der Waals surface area contributed by atoms with E-state index in [4.69, 9.17) is 0 Å². The molecule has 0 aliphatic heterocycles. The van der Waals surface area contributed by atoms with Gasteiger partial charge in [-0.05, 0) is 29.5 Å². The van der Waals surface area contributed by atoms with Crippen molar-refractivity contribution in [1.29, 1.82) is 0 Å². The summed E-state index contributed by atoms with van der Waals surface area (Å²) in [6, 6.07) is 4.96. The summed E-state index contributed by atoms with van der Waals surface area (Å²) < 4.78 is 79.4. The molecule has 3 rings (SSSR count). The molecule has 0 saturated carbocycles. The molecule has 0 amide bonds. The van der Waals surface area contributed by atoms with Gasteiger partial charge in [0.1, 0.15) is 5.82 Å². The van der Waals surface area contributed by atoms with Crippen molar-refractivity contribution in [3.63, 3.8) is 0 Å². The Morgan fingerprint density at radius 2 is 1.29 bits per heavy atom. The standard InChI is InChI=1S/C14H6F6N4/c15-7-3-1-6(2-4-7)14-21-23-24(22-14)5-8-9(16)11(18)13(20)12(19)10(8)17/h1-4H,5H2. The summed E-state index contributed by atoms with van der Waals surface area (Å²) in [7, 11) is 0. The lowest BCUT2D eigenvalue weighted by Crippen LogP contribution is -2.13. The van der Waals surface area contributed by atoms with Gasteiger partial charge in [0.15, 0.2) is 23.3 Å². The van der Waals surface area contributed by atoms with E-state index in [1.807, 2.05) is 0 Å². The topological polar surface area (TPSA) is 43.6 Å². The lowest BCUT2D eigenvalue weighted by atomic mass is 10.1. The maximum atomic E-state index is 13.6. The number of aromatic nitrogens is 4. The molecule has 3 aromatic rings. The third kappa shape index (κ3) is 2.70. The largest absolute Gasteiger partial charge is 0.207 e. The predicted octanol–water partition coefficient (Wildman–Crippen LogP) is 3.22. The molecule has 0 spiro atoms. The van der Waals surface area contributed by atoms with E-state index in [0.717, 1.165) is 12.1 Å². The minimum absolute atomic E-state index is 0.00104. The van der Waals surface area contributed by atoms with Crippen LogP contribution in [0.25, 0.3) is 11.4 Å². The highest BCUT2D eigenvalue weighted by molar-refractivity contribution is 5.53. The number of hydrogen-bond donors (Lipinski definition) is 0. The van der Waals surface area contributed by atoms with Crippen LogP contribution in [-0.4, -0.2) is 20.2 Å². The van der Waals surface area contributed by atoms with E-state index in [2.05, 4.69) is 15.4 Å². The van der Waals surface area contributed by atoms with Gasteiger partial charge in [0.2, 0.25) is 11.6 Å². The van der Waals surface area contributed by atoms with Gasteiger partial charge in [0, 0.05) is 5.56 Å². The van der Waals surface area contributed by atoms with Crippen LogP contribution in [0.15, 0.2) is 24.3 Å². The van der Waals surface area contributed by atoms with Gasteiger partial charge in [-0.2, -0.15) is 4.80 Å². The van der Waals surface area contributed by atoms with Crippen LogP contribution >= 0.6 is 0 Å². The van der Waals surface area contributed by atoms with Gasteiger partial charge in [-0.1, -0.05) is 0 Å². The first-order valence-corrected chi connectivity index (χ1v) is 6.42. The van der Waals surface area contributed by atoms with E-state index in [1.54, 1.807) is 0 Å². The Balaban J connectivity index is 1.95. The molecule has 124 valence electrons. The zero-order valence-electron chi connectivity index (χ0n) is 11.6. The van der Waals surface area contributed by atoms with Crippen LogP contribution in [0.5, 0.6) is 0 Å². The maximum Gasteiger partial charge on any atom is 0.204 e. The Kier molecular flexibility index (Phi) is 3.96. The summed E-state index contributed by atoms with van der Waals surface area (Å²) in [5.41, 5.74) is -0.727. The van der Waals surface area contributed by atoms with Crippen molar-refractivity contribution in [1.82, 2.24) is 20.2 Å². The third-order valence-corrected chi connectivity index (χ3v) is 3.16. The fraction of sp³-hybridized carbons (Fsp3) is 0.0714. The minimum Gasteiger partial charge on any atom is -0.207 e. The maximum absolute atomic E-state index is 13.6. The van der Waals surface area contributed by atoms with Crippen LogP contribution in [0.1, 0.15) is 5.56 Å². The first kappa shape index (κ1) is 16.0. The Hall–Kier alpha value is -2.91. The summed E-state index contributed by atoms with van der Waals surface area (Å²) in [6.45, 7) is -0.819. The van der Waals surface area contributed by atoms with Gasteiger partial charge in [-0.3, -0.25) is 0 Å². The molecule has 10 heteroatoms. The van der Waals surface area contributed by atoms with Crippen LogP contribution in [-0.2, 0) is 6.54 Å². The van der Waals surface area contributed by atoms with Crippen molar-refractivity contribution >= 4 is 0 Å². The molecule has 0 aliphatic rings. The zero-order valence-corrected chi connectivity index (χ0v) is 11.6. The van der Waals surface area contributed by atoms with Gasteiger partial charge in [-0.25, -0.2) is 26.3 Å². The Bertz CT molecular complexity index is 877. The first-order chi connectivity index (χ1) is 11.4. The molecule has 4 nitrogen and oxygen atoms in total. The Morgan fingerprint density at radius 1 is 0.750 bits per heavy atom. The SMILES string of the molecule is Fc1ccc(-c2nnn(Cc3c(F)c(F)c(F)c(F)c3F)n2)cc1. The van der Waals surface area contributed by atoms with Gasteiger partial charge >= 0.3 is 0 Å². The second kappa shape index (κ2) is 5.95. The Labute approximate surface area is 130 Å². The van der Waals surface area contributed by atoms with Crippen molar-refractivity contribution in [3.8, 4) is 11.4 Å². The summed E-state index contributed by atoms with van der Waals surface area (Å²) in [6.07, 6.45) is 0. The van der Waals surface area contributed by atoms with Crippen molar-refractivity contribution in [2.45, 2.75) is 6.54 Å². The summed E-state index contributed by atoms with van der Waals surface area (Å²) in [5, 5.41) is 10.8. The molecule has 0 bridgehead atoms. The third-order valence-electron chi connectivity index (χ3n) is 3.16. The highest BCUT2D eigenvalue weighted by Gasteiger charge is 2.26. The molecule has 1 heterocycles. The molecule has 2 aromatic carbocycles. The van der Waals surface area contributed by atoms with Crippen LogP contribution in [0.3, 0.4) is 0 Å². The van der Waals surface area contributed by atoms with Gasteiger partial charge < -0.3 is 0 Å². The molecule has 0 unspecified atom stereocenters. The van der Waals surface area contributed by atoms with Crippen LogP contribution in [0.4, 0.5) is 26.3 Å². The van der Waals surface area contributed by atoms with Crippen LogP contribution in [0.2, 0.25) is 0 Å². The first-order valence-electron chi connectivity index (χ1n) is 6.42. The highest BCUT2D eigenvalue weighted by Crippen LogP contribution is 2.23. The molecule has 0 saturated heterocycles. The molecular weight excluding hydrogens is 338 g/mol. The van der Waals surface area contributed by atoms with Gasteiger partial charge in [0.05, 0.1) is 12.1 Å². The molecule has 0 fully saturated rings. The van der Waals surface area contributed by atoms with Crippen molar-refractivity contribution in [2.75, 3.05) is 0 Å². The molecule has 0 aliphatic carbocycles. The number of halogens is 6. The van der Waals surface area contributed by atoms with Gasteiger partial charge in [0.25, 0.3) is 0 Å². The monoisotopic (exact) mass is 344 g/mol. The molecule has 0 N–H and O–H groups in total. The normalized spacial score (nSPS) is 11.1. The van der Waals surface area contributed by atoms with E-state index in [0.29, 0.717) is 10.4 Å². The average Bonchev–Trinajstić information content (AvgIpc) is 3.04. The van der Waals surface area contributed by atoms with E-state index in [9.17, 15) is 26.3 Å². The lowest BCUT2D eigenvalue weighted by molar-refractivity contribution is 0.364. The second-order valence-corrected chi connectivity index (χ2v) is 4.70. The Morgan fingerprint density at radius 3 is 1.88 bits per heavy atom. The number of tetrazole rings is 1. The number of nitrogens with zero attached hydrogens (tertiary/aromatic N) is 4. The zero-order chi connectivity index (χ0) is 17.4. The van der Waals surface area contributed by atoms with E-state index in [1.165, 1.54) is 12.1 Å². The number of benzene rings is 2. The van der Waals surface area contributed by atoms with Gasteiger partial charge in [-0.15, -0.1) is 10.2 Å². The second-order valence-electron chi connectivity index (χ2n) is 4.70. The quantitative estimate of drug-likeness (QED) is 0.416. The smallest absolute Gasteiger partial charge is 0.204 e. The van der Waals surface area contributed by atoms with Crippen LogP contribution < -0.4 is 0 Å². The summed E-state index contributed by atoms with van der Waals surface area (Å²) >= 11 is 0. The fourth-order valence-corrected chi connectivity index (χ4v) is 1.96. The molecule has 0 atom stereocenters. The highest BCUT2D eigenvalue weighted by atomic mass is 19.2. The van der Waals surface area contributed by atoms with Crippen molar-refractivity contribution in [2.24, 2.45) is 0 Å². The molecule has 24 heavy (non-hydrogen) atoms. The van der Waals surface area contributed by atoms with E-state index in [-0.39, 0.29) is 5.82 Å². The van der Waals surface area contributed by atoms with E-state index >= 15 is 0 Å². The lowest BCUT2D eigenvalue weighted by Gasteiger charge is -2.06. The summed E-state index contributed by atoms with van der Waals surface area (Å²) in [4.78, 5) is 0.664. The van der Waals surface area contributed by atoms with E-state index < -0.39 is 47.0 Å². The predicted molar refractivity (Wildman–Crippen MR) is 68.5 cm³/mol.